The van der Waals surface area contributed by atoms with Gasteiger partial charge in [-0.05, 0) is 42.0 Å². The fraction of sp³-hybridized carbons (Fsp3) is 0.250. The largest absolute Gasteiger partial charge is 0.487 e. The number of aromatic nitrogens is 1. The summed E-state index contributed by atoms with van der Waals surface area (Å²) in [6.45, 7) is 1.21. The molecule has 0 aliphatic rings. The predicted octanol–water partition coefficient (Wildman–Crippen LogP) is 5.47. The summed E-state index contributed by atoms with van der Waals surface area (Å²) in [5, 5.41) is 0.495. The van der Waals surface area contributed by atoms with Gasteiger partial charge in [-0.2, -0.15) is 0 Å². The lowest BCUT2D eigenvalue weighted by atomic mass is 10.1. The van der Waals surface area contributed by atoms with E-state index in [0.29, 0.717) is 35.6 Å². The maximum absolute atomic E-state index is 15.0. The first-order valence-corrected chi connectivity index (χ1v) is 13.7. The minimum atomic E-state index is -4.43. The molecule has 4 rings (SSSR count). The number of methoxy groups -OCH3 is 2. The molecule has 1 heterocycles. The topological polar surface area (TPSA) is 93.2 Å². The molecule has 0 saturated heterocycles. The van der Waals surface area contributed by atoms with Gasteiger partial charge < -0.3 is 23.7 Å². The summed E-state index contributed by atoms with van der Waals surface area (Å²) >= 11 is 0. The molecule has 3 aromatic carbocycles. The number of benzene rings is 3. The molecular formula is C28H26F3NO7S. The van der Waals surface area contributed by atoms with Crippen LogP contribution in [0.3, 0.4) is 0 Å². The summed E-state index contributed by atoms with van der Waals surface area (Å²) in [4.78, 5) is 3.27. The Bertz CT molecular complexity index is 1580. The van der Waals surface area contributed by atoms with Gasteiger partial charge in [-0.15, -0.1) is 0 Å². The molecule has 0 amide bonds. The van der Waals surface area contributed by atoms with Crippen LogP contribution in [0.2, 0.25) is 0 Å². The Morgan fingerprint density at radius 2 is 1.38 bits per heavy atom. The van der Waals surface area contributed by atoms with E-state index in [1.165, 1.54) is 24.4 Å². The van der Waals surface area contributed by atoms with E-state index in [9.17, 15) is 17.2 Å². The Labute approximate surface area is 229 Å². The lowest BCUT2D eigenvalue weighted by Gasteiger charge is -2.15. The van der Waals surface area contributed by atoms with Crippen LogP contribution in [0.15, 0.2) is 65.7 Å². The third kappa shape index (κ3) is 6.82. The summed E-state index contributed by atoms with van der Waals surface area (Å²) in [6, 6.07) is 11.1. The van der Waals surface area contributed by atoms with E-state index in [2.05, 4.69) is 4.98 Å². The van der Waals surface area contributed by atoms with Gasteiger partial charge in [0.2, 0.25) is 0 Å². The van der Waals surface area contributed by atoms with Crippen molar-refractivity contribution in [2.24, 2.45) is 0 Å². The Morgan fingerprint density at radius 1 is 0.725 bits per heavy atom. The minimum Gasteiger partial charge on any atom is -0.487 e. The summed E-state index contributed by atoms with van der Waals surface area (Å²) in [5.41, 5.74) is 0.470. The number of halogens is 3. The highest BCUT2D eigenvalue weighted by molar-refractivity contribution is 7.90. The van der Waals surface area contributed by atoms with Crippen LogP contribution in [0, 0.1) is 17.5 Å². The van der Waals surface area contributed by atoms with Crippen molar-refractivity contribution in [3.8, 4) is 23.0 Å². The van der Waals surface area contributed by atoms with Gasteiger partial charge in [0.05, 0.1) is 24.5 Å². The molecule has 0 aliphatic carbocycles. The molecule has 0 spiro atoms. The molecule has 12 heteroatoms. The van der Waals surface area contributed by atoms with Crippen LogP contribution < -0.4 is 14.2 Å². The van der Waals surface area contributed by atoms with E-state index in [1.807, 2.05) is 0 Å². The van der Waals surface area contributed by atoms with Crippen LogP contribution >= 0.6 is 0 Å². The smallest absolute Gasteiger partial charge is 0.188 e. The SMILES string of the molecule is COCCOc1cc2nccc(Oc3ccc(CS(=O)(=O)c4c(F)cccc4F)cc3F)c2cc1OCCOC. The third-order valence-corrected chi connectivity index (χ3v) is 7.39. The van der Waals surface area contributed by atoms with E-state index >= 15 is 4.39 Å². The number of hydrogen-bond acceptors (Lipinski definition) is 8. The number of fused-ring (bicyclic) bond motifs is 1. The van der Waals surface area contributed by atoms with Gasteiger partial charge in [0.25, 0.3) is 0 Å². The van der Waals surface area contributed by atoms with Crippen LogP contribution in [-0.2, 0) is 25.1 Å². The second-order valence-corrected chi connectivity index (χ2v) is 10.4. The molecule has 0 unspecified atom stereocenters. The standard InChI is InChI=1S/C28H26F3NO7S/c1-35-10-12-37-26-15-19-23(16-27(26)38-13-11-36-2)32-9-8-24(19)39-25-7-6-18(14-22(25)31)17-40(33,34)28-20(29)4-3-5-21(28)30/h3-9,14-16H,10-13,17H2,1-2H3. The Balaban J connectivity index is 1.61. The van der Waals surface area contributed by atoms with Crippen molar-refractivity contribution in [2.75, 3.05) is 40.6 Å². The van der Waals surface area contributed by atoms with E-state index in [4.69, 9.17) is 23.7 Å². The molecule has 0 radical (unpaired) electrons. The van der Waals surface area contributed by atoms with Gasteiger partial charge in [0, 0.05) is 31.9 Å². The van der Waals surface area contributed by atoms with Crippen molar-refractivity contribution in [3.05, 3.63) is 83.8 Å². The molecule has 1 aromatic heterocycles. The zero-order valence-corrected chi connectivity index (χ0v) is 22.5. The lowest BCUT2D eigenvalue weighted by molar-refractivity contribution is 0.132. The number of sulfone groups is 1. The highest BCUT2D eigenvalue weighted by atomic mass is 32.2. The first kappa shape index (κ1) is 29.1. The number of nitrogens with zero attached hydrogens (tertiary/aromatic N) is 1. The Morgan fingerprint density at radius 3 is 2.00 bits per heavy atom. The lowest BCUT2D eigenvalue weighted by Crippen LogP contribution is -2.10. The van der Waals surface area contributed by atoms with E-state index in [-0.39, 0.29) is 30.3 Å². The van der Waals surface area contributed by atoms with E-state index in [0.717, 1.165) is 24.3 Å². The average molecular weight is 578 g/mol. The van der Waals surface area contributed by atoms with E-state index in [1.54, 1.807) is 26.4 Å². The number of hydrogen-bond donors (Lipinski definition) is 0. The van der Waals surface area contributed by atoms with Gasteiger partial charge in [0.15, 0.2) is 32.9 Å². The van der Waals surface area contributed by atoms with Gasteiger partial charge in [0.1, 0.15) is 35.5 Å². The predicted molar refractivity (Wildman–Crippen MR) is 140 cm³/mol. The van der Waals surface area contributed by atoms with Gasteiger partial charge in [-0.3, -0.25) is 4.98 Å². The van der Waals surface area contributed by atoms with Crippen molar-refractivity contribution in [1.82, 2.24) is 4.98 Å². The first-order valence-electron chi connectivity index (χ1n) is 12.0. The quantitative estimate of drug-likeness (QED) is 0.193. The highest BCUT2D eigenvalue weighted by Gasteiger charge is 2.25. The minimum absolute atomic E-state index is 0.0150. The van der Waals surface area contributed by atoms with Crippen molar-refractivity contribution in [2.45, 2.75) is 10.6 Å². The van der Waals surface area contributed by atoms with Crippen LogP contribution in [0.1, 0.15) is 5.56 Å². The van der Waals surface area contributed by atoms with Crippen LogP contribution in [-0.4, -0.2) is 54.0 Å². The second-order valence-electron chi connectivity index (χ2n) is 8.48. The van der Waals surface area contributed by atoms with Crippen molar-refractivity contribution >= 4 is 20.7 Å². The Hall–Kier alpha value is -3.87. The molecule has 0 N–H and O–H groups in total. The molecule has 4 aromatic rings. The number of ether oxygens (including phenoxy) is 5. The first-order chi connectivity index (χ1) is 19.2. The van der Waals surface area contributed by atoms with Crippen LogP contribution in [0.4, 0.5) is 13.2 Å². The van der Waals surface area contributed by atoms with E-state index < -0.39 is 37.9 Å². The van der Waals surface area contributed by atoms with Crippen molar-refractivity contribution in [3.63, 3.8) is 0 Å². The molecule has 0 bridgehead atoms. The summed E-state index contributed by atoms with van der Waals surface area (Å²) < 4.78 is 95.8. The average Bonchev–Trinajstić information content (AvgIpc) is 2.90. The molecule has 40 heavy (non-hydrogen) atoms. The van der Waals surface area contributed by atoms with Crippen molar-refractivity contribution in [1.29, 1.82) is 0 Å². The Kier molecular flexibility index (Phi) is 9.46. The molecule has 0 fully saturated rings. The highest BCUT2D eigenvalue weighted by Crippen LogP contribution is 2.38. The maximum Gasteiger partial charge on any atom is 0.188 e. The summed E-state index contributed by atoms with van der Waals surface area (Å²) in [5.74, 6) is -3.26. The summed E-state index contributed by atoms with van der Waals surface area (Å²) in [7, 11) is -1.33. The fourth-order valence-electron chi connectivity index (χ4n) is 3.82. The summed E-state index contributed by atoms with van der Waals surface area (Å²) in [6.07, 6.45) is 1.48. The zero-order chi connectivity index (χ0) is 28.7. The van der Waals surface area contributed by atoms with Crippen LogP contribution in [0.25, 0.3) is 10.9 Å². The second kappa shape index (κ2) is 13.0. The van der Waals surface area contributed by atoms with Crippen molar-refractivity contribution < 1.29 is 45.3 Å². The normalized spacial score (nSPS) is 11.5. The fourth-order valence-corrected chi connectivity index (χ4v) is 5.31. The number of pyridine rings is 1. The molecule has 8 nitrogen and oxygen atoms in total. The molecular weight excluding hydrogens is 551 g/mol. The monoisotopic (exact) mass is 577 g/mol. The number of rotatable bonds is 13. The molecule has 0 aliphatic heterocycles. The molecule has 212 valence electrons. The molecule has 0 atom stereocenters. The van der Waals surface area contributed by atoms with Gasteiger partial charge in [-0.25, -0.2) is 21.6 Å². The zero-order valence-electron chi connectivity index (χ0n) is 21.7. The van der Waals surface area contributed by atoms with Gasteiger partial charge in [-0.1, -0.05) is 12.1 Å². The third-order valence-electron chi connectivity index (χ3n) is 5.66. The van der Waals surface area contributed by atoms with Crippen LogP contribution in [0.5, 0.6) is 23.0 Å². The molecule has 0 saturated carbocycles. The van der Waals surface area contributed by atoms with Gasteiger partial charge >= 0.3 is 0 Å². The maximum atomic E-state index is 15.0.